The molecule has 0 aliphatic carbocycles. The smallest absolute Gasteiger partial charge is 0.330 e. The first-order chi connectivity index (χ1) is 12.0. The van der Waals surface area contributed by atoms with Crippen molar-refractivity contribution in [1.29, 1.82) is 0 Å². The summed E-state index contributed by atoms with van der Waals surface area (Å²) in [6.45, 7) is 14.6. The molecular formula is C18H30N2O5Si. The maximum Gasteiger partial charge on any atom is 0.330 e. The van der Waals surface area contributed by atoms with E-state index in [9.17, 15) is 14.7 Å². The first kappa shape index (κ1) is 20.8. The third-order valence-electron chi connectivity index (χ3n) is 5.70. The third-order valence-corrected chi connectivity index (χ3v) is 10.2. The van der Waals surface area contributed by atoms with E-state index in [0.29, 0.717) is 6.42 Å². The normalized spacial score (nSPS) is 26.8. The zero-order valence-corrected chi connectivity index (χ0v) is 17.2. The Morgan fingerprint density at radius 2 is 2.15 bits per heavy atom. The molecule has 2 heterocycles. The molecule has 1 saturated heterocycles. The van der Waals surface area contributed by atoms with Crippen LogP contribution < -0.4 is 11.2 Å². The molecule has 8 heteroatoms. The van der Waals surface area contributed by atoms with Crippen molar-refractivity contribution in [2.75, 3.05) is 13.2 Å². The van der Waals surface area contributed by atoms with Gasteiger partial charge in [-0.25, -0.2) is 4.79 Å². The van der Waals surface area contributed by atoms with Gasteiger partial charge in [0.15, 0.2) is 8.32 Å². The molecule has 1 aromatic heterocycles. The highest BCUT2D eigenvalue weighted by molar-refractivity contribution is 6.74. The maximum atomic E-state index is 12.1. The fraction of sp³-hybridized carbons (Fsp3) is 0.667. The van der Waals surface area contributed by atoms with E-state index in [4.69, 9.17) is 9.16 Å². The van der Waals surface area contributed by atoms with Crippen LogP contribution in [0.5, 0.6) is 0 Å². The van der Waals surface area contributed by atoms with Gasteiger partial charge in [0.1, 0.15) is 11.8 Å². The lowest BCUT2D eigenvalue weighted by Gasteiger charge is -2.40. The van der Waals surface area contributed by atoms with Gasteiger partial charge in [-0.2, -0.15) is 0 Å². The Morgan fingerprint density at radius 1 is 1.50 bits per heavy atom. The molecule has 1 aromatic rings. The average molecular weight is 383 g/mol. The van der Waals surface area contributed by atoms with Crippen molar-refractivity contribution in [2.45, 2.75) is 57.2 Å². The summed E-state index contributed by atoms with van der Waals surface area (Å²) in [5, 5.41) is 10.1. The fourth-order valence-corrected chi connectivity index (χ4v) is 3.87. The summed E-state index contributed by atoms with van der Waals surface area (Å²) >= 11 is 0. The summed E-state index contributed by atoms with van der Waals surface area (Å²) in [7, 11) is -2.04. The highest BCUT2D eigenvalue weighted by Crippen LogP contribution is 2.44. The Labute approximate surface area is 154 Å². The van der Waals surface area contributed by atoms with Gasteiger partial charge in [0.2, 0.25) is 0 Å². The number of ether oxygens (including phenoxy) is 1. The van der Waals surface area contributed by atoms with Crippen molar-refractivity contribution in [3.8, 4) is 0 Å². The molecular weight excluding hydrogens is 352 g/mol. The zero-order chi connectivity index (χ0) is 19.8. The molecule has 26 heavy (non-hydrogen) atoms. The van der Waals surface area contributed by atoms with Crippen molar-refractivity contribution >= 4 is 8.32 Å². The second kappa shape index (κ2) is 7.26. The first-order valence-corrected chi connectivity index (χ1v) is 11.7. The van der Waals surface area contributed by atoms with Gasteiger partial charge in [-0.05, 0) is 18.1 Å². The standard InChI is InChI=1S/C18H30N2O5Si/c1-7-13-10-15(20-9-8-14(22)19-16(20)23)25-18(13,11-21)12-24-26(5,6)17(2,3)4/h7-9,13,15,21H,1,10-12H2,2-6H3,(H,19,22,23)/t13-,15+,18+/m0/s1. The van der Waals surface area contributed by atoms with Crippen LogP contribution >= 0.6 is 0 Å². The van der Waals surface area contributed by atoms with Crippen LogP contribution in [-0.4, -0.2) is 41.8 Å². The molecule has 0 unspecified atom stereocenters. The molecule has 0 radical (unpaired) electrons. The summed E-state index contributed by atoms with van der Waals surface area (Å²) in [5.41, 5.74) is -1.96. The fourth-order valence-electron chi connectivity index (χ4n) is 2.83. The molecule has 1 fully saturated rings. The molecule has 0 bridgehead atoms. The number of aromatic amines is 1. The van der Waals surface area contributed by atoms with Gasteiger partial charge in [0.25, 0.3) is 5.56 Å². The molecule has 0 saturated carbocycles. The van der Waals surface area contributed by atoms with E-state index < -0.39 is 31.4 Å². The highest BCUT2D eigenvalue weighted by atomic mass is 28.4. The number of aromatic nitrogens is 2. The number of aliphatic hydroxyl groups excluding tert-OH is 1. The predicted molar refractivity (Wildman–Crippen MR) is 103 cm³/mol. The second-order valence-corrected chi connectivity index (χ2v) is 13.2. The van der Waals surface area contributed by atoms with E-state index in [1.54, 1.807) is 6.08 Å². The lowest BCUT2D eigenvalue weighted by atomic mass is 9.88. The molecule has 0 spiro atoms. The van der Waals surface area contributed by atoms with E-state index in [0.717, 1.165) is 0 Å². The second-order valence-electron chi connectivity index (χ2n) is 8.44. The van der Waals surface area contributed by atoms with Crippen molar-refractivity contribution in [3.63, 3.8) is 0 Å². The van der Waals surface area contributed by atoms with Crippen LogP contribution in [0.15, 0.2) is 34.5 Å². The van der Waals surface area contributed by atoms with E-state index in [1.807, 2.05) is 0 Å². The van der Waals surface area contributed by atoms with Crippen LogP contribution in [0.2, 0.25) is 18.1 Å². The van der Waals surface area contributed by atoms with Crippen molar-refractivity contribution < 1.29 is 14.3 Å². The molecule has 1 aliphatic heterocycles. The molecule has 0 amide bonds. The number of aliphatic hydroxyl groups is 1. The van der Waals surface area contributed by atoms with Crippen LogP contribution in [-0.2, 0) is 9.16 Å². The molecule has 7 nitrogen and oxygen atoms in total. The molecule has 0 aromatic carbocycles. The molecule has 146 valence electrons. The Hall–Kier alpha value is -1.48. The third kappa shape index (κ3) is 3.93. The lowest BCUT2D eigenvalue weighted by Crippen LogP contribution is -2.50. The SMILES string of the molecule is C=C[C@H]1C[C@H](n2ccc(=O)[nH]c2=O)O[C@]1(CO)CO[Si](C)(C)C(C)(C)C. The van der Waals surface area contributed by atoms with Gasteiger partial charge in [-0.1, -0.05) is 26.8 Å². The van der Waals surface area contributed by atoms with Gasteiger partial charge >= 0.3 is 5.69 Å². The van der Waals surface area contributed by atoms with Crippen LogP contribution in [0, 0.1) is 5.92 Å². The number of H-pyrrole nitrogens is 1. The van der Waals surface area contributed by atoms with Gasteiger partial charge in [0, 0.05) is 24.6 Å². The van der Waals surface area contributed by atoms with Crippen molar-refractivity contribution in [3.05, 3.63) is 45.8 Å². The van der Waals surface area contributed by atoms with Crippen LogP contribution in [0.1, 0.15) is 33.4 Å². The number of hydrogen-bond donors (Lipinski definition) is 2. The minimum Gasteiger partial charge on any atom is -0.414 e. The van der Waals surface area contributed by atoms with Crippen molar-refractivity contribution in [1.82, 2.24) is 9.55 Å². The first-order valence-electron chi connectivity index (χ1n) is 8.82. The molecule has 1 aliphatic rings. The number of hydrogen-bond acceptors (Lipinski definition) is 5. The topological polar surface area (TPSA) is 93.6 Å². The summed E-state index contributed by atoms with van der Waals surface area (Å²) in [5.74, 6) is -0.180. The zero-order valence-electron chi connectivity index (χ0n) is 16.2. The van der Waals surface area contributed by atoms with Gasteiger partial charge in [0.05, 0.1) is 13.2 Å². The van der Waals surface area contributed by atoms with Crippen molar-refractivity contribution in [2.24, 2.45) is 5.92 Å². The number of nitrogens with one attached hydrogen (secondary N) is 1. The summed E-state index contributed by atoms with van der Waals surface area (Å²) in [4.78, 5) is 25.6. The minimum absolute atomic E-state index is 0.0290. The van der Waals surface area contributed by atoms with Crippen LogP contribution in [0.25, 0.3) is 0 Å². The lowest BCUT2D eigenvalue weighted by molar-refractivity contribution is -0.128. The molecule has 2 rings (SSSR count). The monoisotopic (exact) mass is 382 g/mol. The van der Waals surface area contributed by atoms with Gasteiger partial charge in [-0.3, -0.25) is 14.3 Å². The van der Waals surface area contributed by atoms with Crippen LogP contribution in [0.3, 0.4) is 0 Å². The summed E-state index contributed by atoms with van der Waals surface area (Å²) in [6.07, 6.45) is 3.02. The number of nitrogens with zero attached hydrogens (tertiary/aromatic N) is 1. The number of rotatable bonds is 6. The van der Waals surface area contributed by atoms with E-state index >= 15 is 0 Å². The Bertz CT molecular complexity index is 764. The minimum atomic E-state index is -2.04. The van der Waals surface area contributed by atoms with Gasteiger partial charge < -0.3 is 14.3 Å². The summed E-state index contributed by atoms with van der Waals surface area (Å²) < 4.78 is 13.8. The summed E-state index contributed by atoms with van der Waals surface area (Å²) in [6, 6.07) is 1.28. The van der Waals surface area contributed by atoms with E-state index in [1.165, 1.54) is 16.8 Å². The Morgan fingerprint density at radius 3 is 2.65 bits per heavy atom. The molecule has 2 N–H and O–H groups in total. The molecule has 3 atom stereocenters. The predicted octanol–water partition coefficient (Wildman–Crippen LogP) is 2.01. The largest absolute Gasteiger partial charge is 0.414 e. The maximum absolute atomic E-state index is 12.1. The van der Waals surface area contributed by atoms with E-state index in [2.05, 4.69) is 45.4 Å². The quantitative estimate of drug-likeness (QED) is 0.580. The van der Waals surface area contributed by atoms with E-state index in [-0.39, 0.29) is 24.2 Å². The Balaban J connectivity index is 2.28. The van der Waals surface area contributed by atoms with Crippen LogP contribution in [0.4, 0.5) is 0 Å². The highest BCUT2D eigenvalue weighted by Gasteiger charge is 2.50. The Kier molecular flexibility index (Phi) is 5.82. The average Bonchev–Trinajstić information content (AvgIpc) is 2.91. The van der Waals surface area contributed by atoms with Gasteiger partial charge in [-0.15, -0.1) is 6.58 Å².